The van der Waals surface area contributed by atoms with E-state index in [1.165, 1.54) is 5.56 Å². The average Bonchev–Trinajstić information content (AvgIpc) is 3.28. The SMILES string of the molecule is Cn1cncc1-c1nnc([C@H]2CCN(Cc3ccccc3)C2)o1. The third-order valence-electron chi connectivity index (χ3n) is 4.35. The van der Waals surface area contributed by atoms with Crippen LogP contribution in [0.4, 0.5) is 0 Å². The third-order valence-corrected chi connectivity index (χ3v) is 4.35. The second-order valence-electron chi connectivity index (χ2n) is 6.04. The molecule has 4 rings (SSSR count). The summed E-state index contributed by atoms with van der Waals surface area (Å²) in [5.41, 5.74) is 2.19. The number of rotatable bonds is 4. The summed E-state index contributed by atoms with van der Waals surface area (Å²) in [5.74, 6) is 1.59. The third kappa shape index (κ3) is 2.90. The van der Waals surface area contributed by atoms with Crippen LogP contribution in [0.5, 0.6) is 0 Å². The van der Waals surface area contributed by atoms with E-state index in [4.69, 9.17) is 4.42 Å². The van der Waals surface area contributed by atoms with Crippen LogP contribution in [0.1, 0.15) is 23.8 Å². The van der Waals surface area contributed by atoms with Crippen LogP contribution in [0, 0.1) is 0 Å². The molecule has 1 atom stereocenters. The van der Waals surface area contributed by atoms with Gasteiger partial charge in [-0.1, -0.05) is 30.3 Å². The molecule has 3 aromatic rings. The van der Waals surface area contributed by atoms with Gasteiger partial charge in [0.1, 0.15) is 5.69 Å². The molecule has 0 amide bonds. The van der Waals surface area contributed by atoms with Crippen molar-refractivity contribution >= 4 is 0 Å². The van der Waals surface area contributed by atoms with Gasteiger partial charge in [-0.2, -0.15) is 0 Å². The molecule has 1 saturated heterocycles. The van der Waals surface area contributed by atoms with Crippen LogP contribution in [-0.2, 0) is 13.6 Å². The summed E-state index contributed by atoms with van der Waals surface area (Å²) in [6, 6.07) is 10.6. The maximum absolute atomic E-state index is 5.88. The fraction of sp³-hybridized carbons (Fsp3) is 0.353. The predicted molar refractivity (Wildman–Crippen MR) is 85.6 cm³/mol. The van der Waals surface area contributed by atoms with Crippen molar-refractivity contribution in [3.8, 4) is 11.6 Å². The number of imidazole rings is 1. The minimum Gasteiger partial charge on any atom is -0.419 e. The Balaban J connectivity index is 1.44. The van der Waals surface area contributed by atoms with Gasteiger partial charge in [0.05, 0.1) is 18.4 Å². The van der Waals surface area contributed by atoms with E-state index in [2.05, 4.69) is 50.4 Å². The number of hydrogen-bond acceptors (Lipinski definition) is 5. The minimum absolute atomic E-state index is 0.313. The molecule has 0 aliphatic carbocycles. The summed E-state index contributed by atoms with van der Waals surface area (Å²) in [4.78, 5) is 6.53. The van der Waals surface area contributed by atoms with Crippen molar-refractivity contribution < 1.29 is 4.42 Å². The Bertz CT molecular complexity index is 779. The Hall–Kier alpha value is -2.47. The number of likely N-dealkylation sites (tertiary alicyclic amines) is 1. The van der Waals surface area contributed by atoms with Gasteiger partial charge in [-0.3, -0.25) is 4.90 Å². The van der Waals surface area contributed by atoms with Crippen LogP contribution in [0.15, 0.2) is 47.3 Å². The highest BCUT2D eigenvalue weighted by molar-refractivity contribution is 5.44. The summed E-state index contributed by atoms with van der Waals surface area (Å²) in [6.07, 6.45) is 4.53. The second kappa shape index (κ2) is 5.96. The first-order chi connectivity index (χ1) is 11.3. The van der Waals surface area contributed by atoms with Gasteiger partial charge in [-0.05, 0) is 18.5 Å². The number of aromatic nitrogens is 4. The van der Waals surface area contributed by atoms with Gasteiger partial charge in [-0.25, -0.2) is 4.98 Å². The van der Waals surface area contributed by atoms with E-state index in [0.29, 0.717) is 11.8 Å². The second-order valence-corrected chi connectivity index (χ2v) is 6.04. The fourth-order valence-corrected chi connectivity index (χ4v) is 3.09. The molecule has 0 spiro atoms. The van der Waals surface area contributed by atoms with Gasteiger partial charge in [-0.15, -0.1) is 10.2 Å². The molecule has 6 heteroatoms. The lowest BCUT2D eigenvalue weighted by Gasteiger charge is -2.14. The van der Waals surface area contributed by atoms with Gasteiger partial charge >= 0.3 is 0 Å². The van der Waals surface area contributed by atoms with E-state index in [1.807, 2.05) is 11.6 Å². The molecule has 2 aromatic heterocycles. The lowest BCUT2D eigenvalue weighted by molar-refractivity contribution is 0.320. The summed E-state index contributed by atoms with van der Waals surface area (Å²) in [6.45, 7) is 2.99. The van der Waals surface area contributed by atoms with Crippen LogP contribution in [-0.4, -0.2) is 37.7 Å². The lowest BCUT2D eigenvalue weighted by Crippen LogP contribution is -2.19. The fourth-order valence-electron chi connectivity index (χ4n) is 3.09. The molecule has 118 valence electrons. The van der Waals surface area contributed by atoms with Gasteiger partial charge < -0.3 is 8.98 Å². The molecule has 1 fully saturated rings. The van der Waals surface area contributed by atoms with Crippen LogP contribution >= 0.6 is 0 Å². The normalized spacial score (nSPS) is 18.6. The van der Waals surface area contributed by atoms with Gasteiger partial charge in [0.15, 0.2) is 0 Å². The van der Waals surface area contributed by atoms with Crippen molar-refractivity contribution in [2.45, 2.75) is 18.9 Å². The highest BCUT2D eigenvalue weighted by atomic mass is 16.4. The van der Waals surface area contributed by atoms with Crippen LogP contribution in [0.3, 0.4) is 0 Å². The molecule has 0 radical (unpaired) electrons. The molecule has 1 aromatic carbocycles. The zero-order valence-corrected chi connectivity index (χ0v) is 13.1. The molecule has 23 heavy (non-hydrogen) atoms. The molecule has 0 unspecified atom stereocenters. The number of nitrogens with zero attached hydrogens (tertiary/aromatic N) is 5. The molecular weight excluding hydrogens is 290 g/mol. The zero-order chi connectivity index (χ0) is 15.6. The van der Waals surface area contributed by atoms with Crippen LogP contribution in [0.25, 0.3) is 11.6 Å². The standard InChI is InChI=1S/C17H19N5O/c1-21-12-18-9-15(21)17-20-19-16(23-17)14-7-8-22(11-14)10-13-5-3-2-4-6-13/h2-6,9,12,14H,7-8,10-11H2,1H3/t14-/m0/s1. The Labute approximate surface area is 134 Å². The Morgan fingerprint density at radius 2 is 2.09 bits per heavy atom. The van der Waals surface area contributed by atoms with E-state index in [0.717, 1.165) is 37.6 Å². The maximum atomic E-state index is 5.88. The van der Waals surface area contributed by atoms with Crippen molar-refractivity contribution in [1.29, 1.82) is 0 Å². The highest BCUT2D eigenvalue weighted by Crippen LogP contribution is 2.29. The lowest BCUT2D eigenvalue weighted by atomic mass is 10.1. The van der Waals surface area contributed by atoms with Gasteiger partial charge in [0, 0.05) is 20.1 Å². The molecule has 0 saturated carbocycles. The number of benzene rings is 1. The van der Waals surface area contributed by atoms with E-state index >= 15 is 0 Å². The summed E-state index contributed by atoms with van der Waals surface area (Å²) >= 11 is 0. The molecule has 1 aliphatic rings. The molecular formula is C17H19N5O. The summed E-state index contributed by atoms with van der Waals surface area (Å²) in [7, 11) is 1.92. The van der Waals surface area contributed by atoms with E-state index in [1.54, 1.807) is 12.5 Å². The van der Waals surface area contributed by atoms with Crippen molar-refractivity contribution in [1.82, 2.24) is 24.6 Å². The monoisotopic (exact) mass is 309 g/mol. The number of hydrogen-bond donors (Lipinski definition) is 0. The molecule has 1 aliphatic heterocycles. The maximum Gasteiger partial charge on any atom is 0.265 e. The largest absolute Gasteiger partial charge is 0.419 e. The first kappa shape index (κ1) is 14.1. The Morgan fingerprint density at radius 3 is 2.87 bits per heavy atom. The molecule has 0 N–H and O–H groups in total. The average molecular weight is 309 g/mol. The molecule has 6 nitrogen and oxygen atoms in total. The molecule has 3 heterocycles. The summed E-state index contributed by atoms with van der Waals surface area (Å²) in [5, 5.41) is 8.43. The Morgan fingerprint density at radius 1 is 1.22 bits per heavy atom. The predicted octanol–water partition coefficient (Wildman–Crippen LogP) is 2.46. The van der Waals surface area contributed by atoms with Crippen LogP contribution < -0.4 is 0 Å². The first-order valence-corrected chi connectivity index (χ1v) is 7.86. The van der Waals surface area contributed by atoms with Gasteiger partial charge in [0.25, 0.3) is 5.89 Å². The van der Waals surface area contributed by atoms with Gasteiger partial charge in [0.2, 0.25) is 5.89 Å². The van der Waals surface area contributed by atoms with E-state index < -0.39 is 0 Å². The summed E-state index contributed by atoms with van der Waals surface area (Å²) < 4.78 is 7.76. The minimum atomic E-state index is 0.313. The zero-order valence-electron chi connectivity index (χ0n) is 13.1. The van der Waals surface area contributed by atoms with Crippen molar-refractivity contribution in [2.75, 3.05) is 13.1 Å². The number of aryl methyl sites for hydroxylation is 1. The Kier molecular flexibility index (Phi) is 3.67. The smallest absolute Gasteiger partial charge is 0.265 e. The van der Waals surface area contributed by atoms with E-state index in [-0.39, 0.29) is 0 Å². The van der Waals surface area contributed by atoms with Crippen LogP contribution in [0.2, 0.25) is 0 Å². The topological polar surface area (TPSA) is 60.0 Å². The van der Waals surface area contributed by atoms with E-state index in [9.17, 15) is 0 Å². The highest BCUT2D eigenvalue weighted by Gasteiger charge is 2.28. The van der Waals surface area contributed by atoms with Crippen molar-refractivity contribution in [3.63, 3.8) is 0 Å². The quantitative estimate of drug-likeness (QED) is 0.741. The van der Waals surface area contributed by atoms with Crippen molar-refractivity contribution in [2.24, 2.45) is 7.05 Å². The molecule has 0 bridgehead atoms. The van der Waals surface area contributed by atoms with Crippen molar-refractivity contribution in [3.05, 3.63) is 54.3 Å². The first-order valence-electron chi connectivity index (χ1n) is 7.86.